The number of amides is 3. The summed E-state index contributed by atoms with van der Waals surface area (Å²) in [5.41, 5.74) is 5.89. The van der Waals surface area contributed by atoms with Gasteiger partial charge in [-0.25, -0.2) is 0 Å². The van der Waals surface area contributed by atoms with Crippen molar-refractivity contribution >= 4 is 23.7 Å². The Bertz CT molecular complexity index is 738. The Morgan fingerprint density at radius 1 is 1.26 bits per heavy atom. The molecule has 1 aliphatic rings. The summed E-state index contributed by atoms with van der Waals surface area (Å²) in [6, 6.07) is 5.05. The molecule has 0 saturated carbocycles. The van der Waals surface area contributed by atoms with Crippen molar-refractivity contribution < 1.29 is 24.3 Å². The molecular formula is C16H16N2O5. The summed E-state index contributed by atoms with van der Waals surface area (Å²) < 4.78 is 0. The number of hydrogen-bond donors (Lipinski definition) is 2. The molecule has 0 aliphatic carbocycles. The number of allylic oxidation sites excluding steroid dienone is 1. The van der Waals surface area contributed by atoms with Gasteiger partial charge in [-0.15, -0.1) is 0 Å². The first-order chi connectivity index (χ1) is 10.8. The van der Waals surface area contributed by atoms with Crippen LogP contribution in [0.25, 0.3) is 0 Å². The largest absolute Gasteiger partial charge is 0.481 e. The van der Waals surface area contributed by atoms with Crippen LogP contribution in [0.15, 0.2) is 35.9 Å². The van der Waals surface area contributed by atoms with Crippen LogP contribution in [-0.4, -0.2) is 39.7 Å². The van der Waals surface area contributed by atoms with E-state index in [1.807, 2.05) is 0 Å². The molecule has 3 amide bonds. The van der Waals surface area contributed by atoms with Gasteiger partial charge >= 0.3 is 17.8 Å². The van der Waals surface area contributed by atoms with Gasteiger partial charge in [0, 0.05) is 5.56 Å². The van der Waals surface area contributed by atoms with Crippen LogP contribution in [0.2, 0.25) is 0 Å². The van der Waals surface area contributed by atoms with Gasteiger partial charge in [-0.2, -0.15) is 0 Å². The molecule has 7 nitrogen and oxygen atoms in total. The van der Waals surface area contributed by atoms with E-state index in [0.717, 1.165) is 0 Å². The lowest BCUT2D eigenvalue weighted by molar-refractivity contribution is -0.146. The summed E-state index contributed by atoms with van der Waals surface area (Å²) in [7, 11) is 0. The van der Waals surface area contributed by atoms with E-state index in [9.17, 15) is 24.3 Å². The number of carbonyl (C=O) groups excluding carboxylic acids is 3. The van der Waals surface area contributed by atoms with Crippen LogP contribution < -0.4 is 5.73 Å². The van der Waals surface area contributed by atoms with Crippen LogP contribution in [0, 0.1) is 0 Å². The monoisotopic (exact) mass is 316 g/mol. The number of primary amides is 1. The third-order valence-electron chi connectivity index (χ3n) is 3.96. The topological polar surface area (TPSA) is 118 Å². The van der Waals surface area contributed by atoms with Gasteiger partial charge in [-0.1, -0.05) is 29.8 Å². The first kappa shape index (κ1) is 16.4. The first-order valence-corrected chi connectivity index (χ1v) is 6.93. The minimum absolute atomic E-state index is 0.0784. The minimum atomic E-state index is -1.31. The number of benzene rings is 1. The van der Waals surface area contributed by atoms with Gasteiger partial charge in [0.2, 0.25) is 0 Å². The zero-order valence-corrected chi connectivity index (χ0v) is 12.6. The number of carboxylic acids is 1. The minimum Gasteiger partial charge on any atom is -0.481 e. The van der Waals surface area contributed by atoms with Crippen molar-refractivity contribution in [3.05, 3.63) is 47.0 Å². The Morgan fingerprint density at radius 2 is 1.87 bits per heavy atom. The quantitative estimate of drug-likeness (QED) is 0.614. The molecule has 7 heteroatoms. The van der Waals surface area contributed by atoms with Gasteiger partial charge in [0.05, 0.1) is 6.04 Å². The second kappa shape index (κ2) is 6.04. The highest BCUT2D eigenvalue weighted by atomic mass is 16.4. The van der Waals surface area contributed by atoms with Gasteiger partial charge in [0.15, 0.2) is 0 Å². The van der Waals surface area contributed by atoms with E-state index < -0.39 is 35.7 Å². The van der Waals surface area contributed by atoms with Crippen molar-refractivity contribution in [1.29, 1.82) is 0 Å². The third-order valence-corrected chi connectivity index (χ3v) is 3.96. The van der Waals surface area contributed by atoms with Gasteiger partial charge in [0.25, 0.3) is 5.91 Å². The van der Waals surface area contributed by atoms with E-state index in [1.165, 1.54) is 12.1 Å². The number of aliphatic carboxylic acids is 1. The van der Waals surface area contributed by atoms with Gasteiger partial charge < -0.3 is 10.8 Å². The zero-order chi connectivity index (χ0) is 17.3. The molecule has 3 N–H and O–H groups in total. The number of fused-ring (bicyclic) bond motifs is 1. The summed E-state index contributed by atoms with van der Waals surface area (Å²) in [5, 5.41) is 9.63. The number of carbonyl (C=O) groups is 4. The second-order valence-electron chi connectivity index (χ2n) is 5.23. The maximum Gasteiger partial charge on any atom is 0.319 e. The molecule has 1 heterocycles. The summed E-state index contributed by atoms with van der Waals surface area (Å²) >= 11 is 0. The Morgan fingerprint density at radius 3 is 2.39 bits per heavy atom. The normalized spacial score (nSPS) is 20.9. The summed E-state index contributed by atoms with van der Waals surface area (Å²) in [6.45, 7) is 3.26. The highest BCUT2D eigenvalue weighted by Crippen LogP contribution is 2.37. The van der Waals surface area contributed by atoms with Gasteiger partial charge in [-0.05, 0) is 25.5 Å². The average Bonchev–Trinajstić information content (AvgIpc) is 2.52. The van der Waals surface area contributed by atoms with Crippen LogP contribution in [0.4, 0.5) is 0 Å². The van der Waals surface area contributed by atoms with E-state index >= 15 is 0 Å². The van der Waals surface area contributed by atoms with Crippen molar-refractivity contribution in [1.82, 2.24) is 4.90 Å². The molecular weight excluding hydrogens is 300 g/mol. The fraction of sp³-hybridized carbons (Fsp3) is 0.250. The molecule has 1 aliphatic heterocycles. The Kier molecular flexibility index (Phi) is 4.31. The van der Waals surface area contributed by atoms with Crippen molar-refractivity contribution in [3.8, 4) is 0 Å². The maximum absolute atomic E-state index is 12.6. The van der Waals surface area contributed by atoms with Crippen molar-refractivity contribution in [2.75, 3.05) is 0 Å². The maximum atomic E-state index is 12.6. The van der Waals surface area contributed by atoms with E-state index in [-0.39, 0.29) is 5.56 Å². The number of rotatable bonds is 2. The number of nitrogens with two attached hydrogens (primary N) is 1. The molecule has 0 spiro atoms. The lowest BCUT2D eigenvalue weighted by atomic mass is 9.79. The average molecular weight is 316 g/mol. The van der Waals surface area contributed by atoms with Crippen molar-refractivity contribution in [2.24, 2.45) is 5.73 Å². The van der Waals surface area contributed by atoms with Crippen LogP contribution in [0.5, 0.6) is 0 Å². The molecule has 0 fully saturated rings. The molecule has 0 radical (unpaired) electrons. The van der Waals surface area contributed by atoms with Gasteiger partial charge in [-0.3, -0.25) is 24.1 Å². The van der Waals surface area contributed by atoms with Crippen LogP contribution in [-0.2, 0) is 14.4 Å². The molecule has 23 heavy (non-hydrogen) atoms. The molecule has 0 aromatic heterocycles. The predicted octanol–water partition coefficient (Wildman–Crippen LogP) is 0.657. The molecule has 2 unspecified atom stereocenters. The zero-order valence-electron chi connectivity index (χ0n) is 12.6. The standard InChI is InChI=1S/C16H16N2O5/c1-3-8(2)12-11(16(22)23)9-6-4-5-7-10(9)14(20)18(12)15(21)13(17)19/h3-7,11-12H,1-2H3,(H2,17,19)(H,22,23)/b8-3-. The van der Waals surface area contributed by atoms with E-state index in [0.29, 0.717) is 16.0 Å². The smallest absolute Gasteiger partial charge is 0.319 e. The van der Waals surface area contributed by atoms with E-state index in [1.54, 1.807) is 32.1 Å². The fourth-order valence-corrected chi connectivity index (χ4v) is 2.78. The number of carboxylic acid groups (broad SMARTS) is 1. The van der Waals surface area contributed by atoms with E-state index in [2.05, 4.69) is 0 Å². The first-order valence-electron chi connectivity index (χ1n) is 6.93. The highest BCUT2D eigenvalue weighted by Gasteiger charge is 2.47. The van der Waals surface area contributed by atoms with Crippen LogP contribution >= 0.6 is 0 Å². The molecule has 1 aromatic carbocycles. The summed E-state index contributed by atoms with van der Waals surface area (Å²) in [6.07, 6.45) is 1.60. The van der Waals surface area contributed by atoms with Crippen LogP contribution in [0.1, 0.15) is 35.7 Å². The molecule has 2 rings (SSSR count). The van der Waals surface area contributed by atoms with E-state index in [4.69, 9.17) is 5.73 Å². The van der Waals surface area contributed by atoms with Crippen molar-refractivity contribution in [3.63, 3.8) is 0 Å². The lowest BCUT2D eigenvalue weighted by Gasteiger charge is -2.39. The molecule has 0 saturated heterocycles. The Labute approximate surface area is 132 Å². The Balaban J connectivity index is 2.76. The number of hydrogen-bond acceptors (Lipinski definition) is 4. The molecule has 2 atom stereocenters. The summed E-state index contributed by atoms with van der Waals surface area (Å²) in [4.78, 5) is 48.5. The fourth-order valence-electron chi connectivity index (χ4n) is 2.78. The van der Waals surface area contributed by atoms with Crippen molar-refractivity contribution in [2.45, 2.75) is 25.8 Å². The number of imide groups is 1. The number of nitrogens with zero attached hydrogens (tertiary/aromatic N) is 1. The van der Waals surface area contributed by atoms with Gasteiger partial charge in [0.1, 0.15) is 5.92 Å². The second-order valence-corrected chi connectivity index (χ2v) is 5.23. The predicted molar refractivity (Wildman–Crippen MR) is 80.4 cm³/mol. The van der Waals surface area contributed by atoms with Crippen LogP contribution in [0.3, 0.4) is 0 Å². The third kappa shape index (κ3) is 2.61. The summed E-state index contributed by atoms with van der Waals surface area (Å²) in [5.74, 6) is -5.62. The lowest BCUT2D eigenvalue weighted by Crippen LogP contribution is -2.56. The SMILES string of the molecule is C/C=C(/C)C1C(C(=O)O)c2ccccc2C(=O)N1C(=O)C(N)=O. The Hall–Kier alpha value is -2.96. The molecule has 120 valence electrons. The molecule has 0 bridgehead atoms. The molecule has 1 aromatic rings. The highest BCUT2D eigenvalue weighted by molar-refractivity contribution is 6.38.